The topological polar surface area (TPSA) is 29.1 Å². The summed E-state index contributed by atoms with van der Waals surface area (Å²) in [5, 5.41) is 2.96. The van der Waals surface area contributed by atoms with Crippen molar-refractivity contribution in [3.05, 3.63) is 11.6 Å². The molecule has 68 valence electrons. The zero-order valence-corrected chi connectivity index (χ0v) is 7.89. The monoisotopic (exact) mass is 167 g/mol. The summed E-state index contributed by atoms with van der Waals surface area (Å²) in [5.74, 6) is 0.141. The molecule has 0 spiro atoms. The maximum absolute atomic E-state index is 11.4. The highest BCUT2D eigenvalue weighted by Gasteiger charge is 2.13. The van der Waals surface area contributed by atoms with E-state index < -0.39 is 0 Å². The fraction of sp³-hybridized carbons (Fsp3) is 0.700. The first-order valence-corrected chi connectivity index (χ1v) is 4.74. The van der Waals surface area contributed by atoms with Crippen LogP contribution in [0.2, 0.25) is 0 Å². The highest BCUT2D eigenvalue weighted by atomic mass is 16.1. The quantitative estimate of drug-likeness (QED) is 0.684. The number of rotatable bonds is 3. The highest BCUT2D eigenvalue weighted by molar-refractivity contribution is 5.93. The average molecular weight is 167 g/mol. The molecule has 1 amide bonds. The third-order valence-corrected chi connectivity index (χ3v) is 2.32. The van der Waals surface area contributed by atoms with E-state index in [1.54, 1.807) is 0 Å². The Hall–Kier alpha value is -0.790. The first kappa shape index (κ1) is 9.30. The van der Waals surface area contributed by atoms with E-state index in [2.05, 4.69) is 18.3 Å². The molecule has 1 N–H and O–H groups in total. The predicted molar refractivity (Wildman–Crippen MR) is 49.8 cm³/mol. The van der Waals surface area contributed by atoms with Gasteiger partial charge in [-0.2, -0.15) is 0 Å². The zero-order chi connectivity index (χ0) is 8.97. The van der Waals surface area contributed by atoms with Crippen LogP contribution in [0.25, 0.3) is 0 Å². The largest absolute Gasteiger partial charge is 0.350 e. The van der Waals surface area contributed by atoms with Crippen molar-refractivity contribution >= 4 is 5.91 Å². The van der Waals surface area contributed by atoms with Gasteiger partial charge in [-0.25, -0.2) is 0 Å². The first-order chi connectivity index (χ1) is 5.74. The maximum atomic E-state index is 11.4. The lowest BCUT2D eigenvalue weighted by molar-refractivity contribution is -0.118. The van der Waals surface area contributed by atoms with Crippen molar-refractivity contribution in [3.63, 3.8) is 0 Å². The van der Waals surface area contributed by atoms with Gasteiger partial charge in [-0.05, 0) is 32.6 Å². The van der Waals surface area contributed by atoms with Gasteiger partial charge in [0.05, 0.1) is 0 Å². The summed E-state index contributed by atoms with van der Waals surface area (Å²) in [6.45, 7) is 4.11. The third kappa shape index (κ3) is 2.36. The number of nitrogens with one attached hydrogen (secondary N) is 1. The number of hydrogen-bond acceptors (Lipinski definition) is 1. The second kappa shape index (κ2) is 4.29. The summed E-state index contributed by atoms with van der Waals surface area (Å²) in [4.78, 5) is 11.4. The minimum atomic E-state index is 0.141. The zero-order valence-electron chi connectivity index (χ0n) is 7.89. The van der Waals surface area contributed by atoms with Crippen molar-refractivity contribution in [3.8, 4) is 0 Å². The van der Waals surface area contributed by atoms with Gasteiger partial charge in [-0.15, -0.1) is 0 Å². The van der Waals surface area contributed by atoms with Crippen LogP contribution in [-0.2, 0) is 4.79 Å². The minimum absolute atomic E-state index is 0.141. The van der Waals surface area contributed by atoms with Gasteiger partial charge in [-0.3, -0.25) is 4.79 Å². The second-order valence-electron chi connectivity index (χ2n) is 3.40. The van der Waals surface area contributed by atoms with Crippen LogP contribution < -0.4 is 5.32 Å². The Balaban J connectivity index is 2.37. The van der Waals surface area contributed by atoms with Crippen molar-refractivity contribution in [1.29, 1.82) is 0 Å². The molecule has 0 bridgehead atoms. The number of amides is 1. The van der Waals surface area contributed by atoms with E-state index in [1.807, 2.05) is 6.92 Å². The Labute approximate surface area is 74.0 Å². The molecule has 2 heteroatoms. The van der Waals surface area contributed by atoms with E-state index in [-0.39, 0.29) is 5.91 Å². The molecule has 0 heterocycles. The Bertz CT molecular complexity index is 196. The molecule has 1 aliphatic rings. The Morgan fingerprint density at radius 3 is 3.00 bits per heavy atom. The summed E-state index contributed by atoms with van der Waals surface area (Å²) >= 11 is 0. The van der Waals surface area contributed by atoms with E-state index in [4.69, 9.17) is 0 Å². The summed E-state index contributed by atoms with van der Waals surface area (Å²) in [5.41, 5.74) is 0.982. The van der Waals surface area contributed by atoms with Crippen LogP contribution in [0, 0.1) is 0 Å². The Morgan fingerprint density at radius 1 is 1.75 bits per heavy atom. The summed E-state index contributed by atoms with van der Waals surface area (Å²) in [6.07, 6.45) is 6.23. The van der Waals surface area contributed by atoms with Gasteiger partial charge in [0.1, 0.15) is 0 Å². The van der Waals surface area contributed by atoms with Gasteiger partial charge in [0.2, 0.25) is 5.91 Å². The van der Waals surface area contributed by atoms with Gasteiger partial charge < -0.3 is 5.32 Å². The van der Waals surface area contributed by atoms with Gasteiger partial charge in [0, 0.05) is 11.6 Å². The van der Waals surface area contributed by atoms with Crippen LogP contribution in [0.4, 0.5) is 0 Å². The highest BCUT2D eigenvalue weighted by Crippen LogP contribution is 2.17. The van der Waals surface area contributed by atoms with Crippen LogP contribution >= 0.6 is 0 Å². The number of carbonyl (C=O) groups is 1. The van der Waals surface area contributed by atoms with Crippen molar-refractivity contribution in [2.24, 2.45) is 0 Å². The maximum Gasteiger partial charge on any atom is 0.247 e. The van der Waals surface area contributed by atoms with Crippen molar-refractivity contribution in [2.75, 3.05) is 0 Å². The number of carbonyl (C=O) groups excluding carboxylic acids is 1. The number of hydrogen-bond donors (Lipinski definition) is 1. The van der Waals surface area contributed by atoms with Crippen LogP contribution in [-0.4, -0.2) is 11.9 Å². The molecule has 0 aromatic heterocycles. The molecular formula is C10H17NO. The van der Waals surface area contributed by atoms with Gasteiger partial charge in [-0.1, -0.05) is 13.0 Å². The van der Waals surface area contributed by atoms with Gasteiger partial charge in [0.25, 0.3) is 0 Å². The van der Waals surface area contributed by atoms with Crippen LogP contribution in [0.3, 0.4) is 0 Å². The van der Waals surface area contributed by atoms with E-state index in [0.29, 0.717) is 6.04 Å². The van der Waals surface area contributed by atoms with Crippen LogP contribution in [0.1, 0.15) is 39.5 Å². The van der Waals surface area contributed by atoms with Crippen molar-refractivity contribution in [2.45, 2.75) is 45.6 Å². The van der Waals surface area contributed by atoms with Gasteiger partial charge in [0.15, 0.2) is 0 Å². The lowest BCUT2D eigenvalue weighted by Crippen LogP contribution is -2.32. The molecule has 0 aliphatic heterocycles. The molecule has 1 aliphatic carbocycles. The van der Waals surface area contributed by atoms with Crippen molar-refractivity contribution in [1.82, 2.24) is 5.32 Å². The van der Waals surface area contributed by atoms with Crippen LogP contribution in [0.5, 0.6) is 0 Å². The SMILES string of the molecule is CCC(C)NC(=O)C1=CCCC1. The molecule has 0 fully saturated rings. The van der Waals surface area contributed by atoms with Gasteiger partial charge >= 0.3 is 0 Å². The molecule has 0 saturated heterocycles. The molecule has 2 nitrogen and oxygen atoms in total. The average Bonchev–Trinajstić information content (AvgIpc) is 2.56. The van der Waals surface area contributed by atoms with Crippen molar-refractivity contribution < 1.29 is 4.79 Å². The van der Waals surface area contributed by atoms with E-state index >= 15 is 0 Å². The minimum Gasteiger partial charge on any atom is -0.350 e. The molecule has 0 saturated carbocycles. The van der Waals surface area contributed by atoms with E-state index in [0.717, 1.165) is 31.3 Å². The summed E-state index contributed by atoms with van der Waals surface area (Å²) < 4.78 is 0. The molecule has 0 radical (unpaired) electrons. The third-order valence-electron chi connectivity index (χ3n) is 2.32. The van der Waals surface area contributed by atoms with E-state index in [9.17, 15) is 4.79 Å². The fourth-order valence-corrected chi connectivity index (χ4v) is 1.30. The normalized spacial score (nSPS) is 18.7. The summed E-state index contributed by atoms with van der Waals surface area (Å²) in [6, 6.07) is 0.305. The predicted octanol–water partition coefficient (Wildman–Crippen LogP) is 2.01. The Morgan fingerprint density at radius 2 is 2.50 bits per heavy atom. The molecule has 1 atom stereocenters. The molecule has 1 unspecified atom stereocenters. The first-order valence-electron chi connectivity index (χ1n) is 4.74. The molecule has 12 heavy (non-hydrogen) atoms. The Kier molecular flexibility index (Phi) is 3.32. The smallest absolute Gasteiger partial charge is 0.247 e. The molecule has 0 aromatic rings. The molecule has 1 rings (SSSR count). The fourth-order valence-electron chi connectivity index (χ4n) is 1.30. The molecular weight excluding hydrogens is 150 g/mol. The molecule has 0 aromatic carbocycles. The summed E-state index contributed by atoms with van der Waals surface area (Å²) in [7, 11) is 0. The lowest BCUT2D eigenvalue weighted by Gasteiger charge is -2.11. The van der Waals surface area contributed by atoms with Crippen LogP contribution in [0.15, 0.2) is 11.6 Å². The van der Waals surface area contributed by atoms with E-state index in [1.165, 1.54) is 0 Å². The lowest BCUT2D eigenvalue weighted by atomic mass is 10.2. The second-order valence-corrected chi connectivity index (χ2v) is 3.40. The number of allylic oxidation sites excluding steroid dienone is 1. The standard InChI is InChI=1S/C10H17NO/c1-3-8(2)11-10(12)9-6-4-5-7-9/h6,8H,3-5,7H2,1-2H3,(H,11,12).